The van der Waals surface area contributed by atoms with Crippen molar-refractivity contribution in [1.82, 2.24) is 9.55 Å². The fraction of sp³-hybridized carbons (Fsp3) is 0.0714. The Morgan fingerprint density at radius 2 is 1.80 bits per heavy atom. The molecule has 0 radical (unpaired) electrons. The SMILES string of the molecule is Nc1ccc(-n2cnc3ccccc32)cc1C(F)(F)F. The van der Waals surface area contributed by atoms with Gasteiger partial charge >= 0.3 is 6.18 Å². The summed E-state index contributed by atoms with van der Waals surface area (Å²) in [6, 6.07) is 11.1. The van der Waals surface area contributed by atoms with Gasteiger partial charge in [0.2, 0.25) is 0 Å². The van der Waals surface area contributed by atoms with Crippen LogP contribution in [0, 0.1) is 0 Å². The van der Waals surface area contributed by atoms with Crippen molar-refractivity contribution in [3.8, 4) is 5.69 Å². The van der Waals surface area contributed by atoms with Crippen LogP contribution in [0.15, 0.2) is 48.8 Å². The average Bonchev–Trinajstić information content (AvgIpc) is 2.82. The van der Waals surface area contributed by atoms with Crippen LogP contribution >= 0.6 is 0 Å². The molecule has 0 bridgehead atoms. The highest BCUT2D eigenvalue weighted by Crippen LogP contribution is 2.35. The molecule has 0 aliphatic rings. The highest BCUT2D eigenvalue weighted by molar-refractivity contribution is 5.77. The largest absolute Gasteiger partial charge is 0.418 e. The fourth-order valence-electron chi connectivity index (χ4n) is 2.10. The summed E-state index contributed by atoms with van der Waals surface area (Å²) in [7, 11) is 0. The van der Waals surface area contributed by atoms with Gasteiger partial charge in [0.25, 0.3) is 0 Å². The van der Waals surface area contributed by atoms with Gasteiger partial charge in [-0.2, -0.15) is 13.2 Å². The summed E-state index contributed by atoms with van der Waals surface area (Å²) < 4.78 is 40.2. The minimum atomic E-state index is -4.48. The van der Waals surface area contributed by atoms with E-state index in [2.05, 4.69) is 4.98 Å². The van der Waals surface area contributed by atoms with Gasteiger partial charge in [0, 0.05) is 11.4 Å². The van der Waals surface area contributed by atoms with Gasteiger partial charge in [0.15, 0.2) is 0 Å². The van der Waals surface area contributed by atoms with Crippen molar-refractivity contribution >= 4 is 16.7 Å². The Hall–Kier alpha value is -2.50. The number of imidazole rings is 1. The Bertz CT molecular complexity index is 775. The molecule has 0 saturated heterocycles. The van der Waals surface area contributed by atoms with Gasteiger partial charge < -0.3 is 5.73 Å². The van der Waals surface area contributed by atoms with Crippen molar-refractivity contribution in [2.45, 2.75) is 6.18 Å². The maximum Gasteiger partial charge on any atom is 0.418 e. The number of nitrogens with zero attached hydrogens (tertiary/aromatic N) is 2. The molecule has 0 atom stereocenters. The number of rotatable bonds is 1. The van der Waals surface area contributed by atoms with Crippen molar-refractivity contribution in [3.63, 3.8) is 0 Å². The van der Waals surface area contributed by atoms with Crippen molar-refractivity contribution in [2.24, 2.45) is 0 Å². The van der Waals surface area contributed by atoms with E-state index in [4.69, 9.17) is 5.73 Å². The Morgan fingerprint density at radius 1 is 1.05 bits per heavy atom. The molecule has 0 spiro atoms. The van der Waals surface area contributed by atoms with E-state index >= 15 is 0 Å². The smallest absolute Gasteiger partial charge is 0.398 e. The minimum absolute atomic E-state index is 0.286. The van der Waals surface area contributed by atoms with Crippen molar-refractivity contribution in [3.05, 3.63) is 54.4 Å². The van der Waals surface area contributed by atoms with Crippen LogP contribution in [0.25, 0.3) is 16.7 Å². The maximum absolute atomic E-state index is 12.9. The molecule has 2 N–H and O–H groups in total. The van der Waals surface area contributed by atoms with Crippen LogP contribution in [-0.4, -0.2) is 9.55 Å². The Balaban J connectivity index is 2.20. The topological polar surface area (TPSA) is 43.8 Å². The van der Waals surface area contributed by atoms with Gasteiger partial charge in [0.05, 0.1) is 16.6 Å². The molecule has 0 amide bonds. The van der Waals surface area contributed by atoms with E-state index in [1.807, 2.05) is 12.1 Å². The summed E-state index contributed by atoms with van der Waals surface area (Å²) >= 11 is 0. The zero-order valence-electron chi connectivity index (χ0n) is 10.2. The summed E-state index contributed by atoms with van der Waals surface area (Å²) in [4.78, 5) is 4.16. The van der Waals surface area contributed by atoms with Gasteiger partial charge in [0.1, 0.15) is 6.33 Å². The molecule has 1 heterocycles. The van der Waals surface area contributed by atoms with Crippen molar-refractivity contribution in [2.75, 3.05) is 5.73 Å². The number of para-hydroxylation sites is 2. The highest BCUT2D eigenvalue weighted by Gasteiger charge is 2.33. The molecule has 0 unspecified atom stereocenters. The number of anilines is 1. The van der Waals surface area contributed by atoms with Crippen LogP contribution in [0.5, 0.6) is 0 Å². The number of hydrogen-bond acceptors (Lipinski definition) is 2. The first-order valence-electron chi connectivity index (χ1n) is 5.86. The average molecular weight is 277 g/mol. The van der Waals surface area contributed by atoms with Gasteiger partial charge in [-0.25, -0.2) is 4.98 Å². The first-order valence-corrected chi connectivity index (χ1v) is 5.86. The van der Waals surface area contributed by atoms with Crippen LogP contribution < -0.4 is 5.73 Å². The third-order valence-electron chi connectivity index (χ3n) is 3.07. The minimum Gasteiger partial charge on any atom is -0.398 e. The third kappa shape index (κ3) is 1.99. The lowest BCUT2D eigenvalue weighted by molar-refractivity contribution is -0.136. The van der Waals surface area contributed by atoms with E-state index in [1.165, 1.54) is 12.4 Å². The van der Waals surface area contributed by atoms with E-state index in [1.54, 1.807) is 22.8 Å². The first-order chi connectivity index (χ1) is 9.47. The predicted molar refractivity (Wildman–Crippen MR) is 70.5 cm³/mol. The van der Waals surface area contributed by atoms with Crippen LogP contribution in [0.4, 0.5) is 18.9 Å². The lowest BCUT2D eigenvalue weighted by Gasteiger charge is -2.12. The van der Waals surface area contributed by atoms with E-state index in [0.717, 1.165) is 17.1 Å². The molecular weight excluding hydrogens is 267 g/mol. The summed E-state index contributed by atoms with van der Waals surface area (Å²) in [5.74, 6) is 0. The third-order valence-corrected chi connectivity index (χ3v) is 3.07. The van der Waals surface area contributed by atoms with Crippen LogP contribution in [0.2, 0.25) is 0 Å². The van der Waals surface area contributed by atoms with Gasteiger partial charge in [-0.1, -0.05) is 12.1 Å². The second-order valence-electron chi connectivity index (χ2n) is 4.37. The van der Waals surface area contributed by atoms with Gasteiger partial charge in [-0.15, -0.1) is 0 Å². The number of alkyl halides is 3. The van der Waals surface area contributed by atoms with Gasteiger partial charge in [-0.05, 0) is 30.3 Å². The van der Waals surface area contributed by atoms with Crippen molar-refractivity contribution in [1.29, 1.82) is 0 Å². The molecular formula is C14H10F3N3. The molecule has 0 aliphatic carbocycles. The molecule has 0 aliphatic heterocycles. The lowest BCUT2D eigenvalue weighted by atomic mass is 10.1. The van der Waals surface area contributed by atoms with E-state index < -0.39 is 11.7 Å². The number of nitrogens with two attached hydrogens (primary N) is 1. The zero-order chi connectivity index (χ0) is 14.3. The zero-order valence-corrected chi connectivity index (χ0v) is 10.2. The number of fused-ring (bicyclic) bond motifs is 1. The Kier molecular flexibility index (Phi) is 2.67. The summed E-state index contributed by atoms with van der Waals surface area (Å²) in [6.07, 6.45) is -2.98. The molecule has 6 heteroatoms. The second kappa shape index (κ2) is 4.26. The molecule has 3 rings (SSSR count). The van der Waals surface area contributed by atoms with Crippen molar-refractivity contribution < 1.29 is 13.2 Å². The van der Waals surface area contributed by atoms with E-state index in [9.17, 15) is 13.2 Å². The van der Waals surface area contributed by atoms with Crippen LogP contribution in [-0.2, 0) is 6.18 Å². The standard InChI is InChI=1S/C14H10F3N3/c15-14(16,17)10-7-9(5-6-11(10)18)20-8-19-12-3-1-2-4-13(12)20/h1-8H,18H2. The molecule has 20 heavy (non-hydrogen) atoms. The molecule has 102 valence electrons. The maximum atomic E-state index is 12.9. The summed E-state index contributed by atoms with van der Waals surface area (Å²) in [5.41, 5.74) is 6.11. The highest BCUT2D eigenvalue weighted by atomic mass is 19.4. The number of aromatic nitrogens is 2. The molecule has 3 nitrogen and oxygen atoms in total. The van der Waals surface area contributed by atoms with E-state index in [-0.39, 0.29) is 5.69 Å². The number of halogens is 3. The summed E-state index contributed by atoms with van der Waals surface area (Å²) in [5, 5.41) is 0. The quantitative estimate of drug-likeness (QED) is 0.690. The lowest BCUT2D eigenvalue weighted by Crippen LogP contribution is -2.09. The van der Waals surface area contributed by atoms with Gasteiger partial charge in [-0.3, -0.25) is 4.57 Å². The summed E-state index contributed by atoms with van der Waals surface area (Å²) in [6.45, 7) is 0. The van der Waals surface area contributed by atoms with Crippen LogP contribution in [0.1, 0.15) is 5.56 Å². The molecule has 2 aromatic carbocycles. The monoisotopic (exact) mass is 277 g/mol. The normalized spacial score (nSPS) is 11.9. The number of benzene rings is 2. The Labute approximate surface area is 112 Å². The molecule has 1 aromatic heterocycles. The number of nitrogen functional groups attached to an aromatic ring is 1. The number of hydrogen-bond donors (Lipinski definition) is 1. The fourth-order valence-corrected chi connectivity index (χ4v) is 2.10. The molecule has 0 saturated carbocycles. The predicted octanol–water partition coefficient (Wildman–Crippen LogP) is 3.63. The Morgan fingerprint density at radius 3 is 2.55 bits per heavy atom. The first kappa shape index (κ1) is 12.5. The van der Waals surface area contributed by atoms with Crippen LogP contribution in [0.3, 0.4) is 0 Å². The molecule has 0 fully saturated rings. The second-order valence-corrected chi connectivity index (χ2v) is 4.37. The molecule has 3 aromatic rings. The van der Waals surface area contributed by atoms with E-state index in [0.29, 0.717) is 5.69 Å².